The number of carboxylic acid groups (broad SMARTS) is 1. The highest BCUT2D eigenvalue weighted by molar-refractivity contribution is 7.99. The highest BCUT2D eigenvalue weighted by Gasteiger charge is 2.41. The number of carbonyl (C=O) groups is 1. The molecule has 0 bridgehead atoms. The van der Waals surface area contributed by atoms with Gasteiger partial charge in [0.25, 0.3) is 0 Å². The predicted molar refractivity (Wildman–Crippen MR) is 79.4 cm³/mol. The summed E-state index contributed by atoms with van der Waals surface area (Å²) < 4.78 is 19.6. The van der Waals surface area contributed by atoms with Crippen LogP contribution in [0, 0.1) is 5.82 Å². The summed E-state index contributed by atoms with van der Waals surface area (Å²) in [6.07, 6.45) is 7.31. The van der Waals surface area contributed by atoms with Crippen LogP contribution < -0.4 is 0 Å². The molecule has 0 aromatic heterocycles. The second kappa shape index (κ2) is 5.97. The van der Waals surface area contributed by atoms with Gasteiger partial charge in [0.05, 0.1) is 17.3 Å². The van der Waals surface area contributed by atoms with Crippen molar-refractivity contribution in [3.8, 4) is 0 Å². The zero-order valence-corrected chi connectivity index (χ0v) is 12.6. The number of rotatable bonds is 4. The van der Waals surface area contributed by atoms with E-state index in [2.05, 4.69) is 0 Å². The van der Waals surface area contributed by atoms with Gasteiger partial charge in [-0.15, -0.1) is 11.8 Å². The third-order valence-corrected chi connectivity index (χ3v) is 5.58. The molecule has 0 amide bonds. The molecule has 0 radical (unpaired) electrons. The van der Waals surface area contributed by atoms with Crippen molar-refractivity contribution in [2.45, 2.75) is 55.1 Å². The first-order chi connectivity index (χ1) is 10.1. The summed E-state index contributed by atoms with van der Waals surface area (Å²) in [5.74, 6) is -1.11. The second-order valence-electron chi connectivity index (χ2n) is 5.93. The minimum Gasteiger partial charge on any atom is -0.478 e. The van der Waals surface area contributed by atoms with Crippen molar-refractivity contribution in [3.63, 3.8) is 0 Å². The molecular formula is C16H19FO3S. The maximum absolute atomic E-state index is 13.3. The van der Waals surface area contributed by atoms with E-state index in [1.807, 2.05) is 0 Å². The lowest BCUT2D eigenvalue weighted by atomic mass is 9.98. The van der Waals surface area contributed by atoms with Crippen LogP contribution in [0.5, 0.6) is 0 Å². The zero-order valence-electron chi connectivity index (χ0n) is 11.8. The SMILES string of the molecule is O=C(O)c1cc(SCC2CCC3(CCCC3)O2)ccc1F. The average molecular weight is 310 g/mol. The first-order valence-electron chi connectivity index (χ1n) is 7.41. The topological polar surface area (TPSA) is 46.5 Å². The van der Waals surface area contributed by atoms with E-state index < -0.39 is 11.8 Å². The van der Waals surface area contributed by atoms with Crippen molar-refractivity contribution in [3.05, 3.63) is 29.6 Å². The third kappa shape index (κ3) is 3.24. The van der Waals surface area contributed by atoms with Gasteiger partial charge in [-0.2, -0.15) is 0 Å². The van der Waals surface area contributed by atoms with E-state index in [4.69, 9.17) is 9.84 Å². The Hall–Kier alpha value is -1.07. The van der Waals surface area contributed by atoms with Crippen LogP contribution in [0.15, 0.2) is 23.1 Å². The van der Waals surface area contributed by atoms with Gasteiger partial charge in [0.2, 0.25) is 0 Å². The molecule has 1 aliphatic carbocycles. The van der Waals surface area contributed by atoms with Crippen molar-refractivity contribution in [1.82, 2.24) is 0 Å². The van der Waals surface area contributed by atoms with E-state index in [0.29, 0.717) is 0 Å². The van der Waals surface area contributed by atoms with Gasteiger partial charge in [-0.3, -0.25) is 0 Å². The first-order valence-corrected chi connectivity index (χ1v) is 8.40. The van der Waals surface area contributed by atoms with Gasteiger partial charge in [0, 0.05) is 10.6 Å². The molecule has 1 atom stereocenters. The maximum Gasteiger partial charge on any atom is 0.338 e. The molecule has 1 N–H and O–H groups in total. The van der Waals surface area contributed by atoms with Crippen molar-refractivity contribution in [2.24, 2.45) is 0 Å². The van der Waals surface area contributed by atoms with Crippen LogP contribution in [-0.2, 0) is 4.74 Å². The number of thioether (sulfide) groups is 1. The van der Waals surface area contributed by atoms with Crippen LogP contribution in [0.3, 0.4) is 0 Å². The molecule has 1 aromatic carbocycles. The Balaban J connectivity index is 1.58. The molecular weight excluding hydrogens is 291 g/mol. The Morgan fingerprint density at radius 1 is 1.38 bits per heavy atom. The van der Waals surface area contributed by atoms with Crippen molar-refractivity contribution < 1.29 is 19.0 Å². The summed E-state index contributed by atoms with van der Waals surface area (Å²) in [5, 5.41) is 8.94. The lowest BCUT2D eigenvalue weighted by molar-refractivity contribution is -0.0267. The number of hydrogen-bond acceptors (Lipinski definition) is 3. The molecule has 2 aliphatic rings. The molecule has 1 spiro atoms. The highest BCUT2D eigenvalue weighted by atomic mass is 32.2. The Kier molecular flexibility index (Phi) is 4.22. The molecule has 3 nitrogen and oxygen atoms in total. The van der Waals surface area contributed by atoms with E-state index >= 15 is 0 Å². The van der Waals surface area contributed by atoms with Gasteiger partial charge in [-0.25, -0.2) is 9.18 Å². The Bertz CT molecular complexity index is 540. The Morgan fingerprint density at radius 3 is 2.86 bits per heavy atom. The van der Waals surface area contributed by atoms with Gasteiger partial charge in [0.15, 0.2) is 0 Å². The van der Waals surface area contributed by atoms with Crippen LogP contribution in [0.2, 0.25) is 0 Å². The third-order valence-electron chi connectivity index (χ3n) is 4.46. The quantitative estimate of drug-likeness (QED) is 0.850. The molecule has 21 heavy (non-hydrogen) atoms. The first kappa shape index (κ1) is 14.9. The van der Waals surface area contributed by atoms with E-state index in [1.165, 1.54) is 37.8 Å². The number of ether oxygens (including phenoxy) is 1. The predicted octanol–water partition coefficient (Wildman–Crippen LogP) is 4.11. The van der Waals surface area contributed by atoms with Crippen LogP contribution in [0.25, 0.3) is 0 Å². The molecule has 2 fully saturated rings. The minimum absolute atomic E-state index is 0.125. The molecule has 1 unspecified atom stereocenters. The average Bonchev–Trinajstić information content (AvgIpc) is 3.08. The molecule has 1 aliphatic heterocycles. The number of benzene rings is 1. The molecule has 114 valence electrons. The summed E-state index contributed by atoms with van der Waals surface area (Å²) >= 11 is 1.55. The van der Waals surface area contributed by atoms with E-state index in [-0.39, 0.29) is 17.3 Å². The summed E-state index contributed by atoms with van der Waals surface area (Å²) in [6.45, 7) is 0. The van der Waals surface area contributed by atoms with Gasteiger partial charge < -0.3 is 9.84 Å². The van der Waals surface area contributed by atoms with Gasteiger partial charge >= 0.3 is 5.97 Å². The standard InChI is InChI=1S/C16H19FO3S/c17-14-4-3-12(9-13(14)15(18)19)21-10-11-5-8-16(20-11)6-1-2-7-16/h3-4,9,11H,1-2,5-8,10H2,(H,18,19). The fraction of sp³-hybridized carbons (Fsp3) is 0.562. The smallest absolute Gasteiger partial charge is 0.338 e. The van der Waals surface area contributed by atoms with Crippen molar-refractivity contribution in [2.75, 3.05) is 5.75 Å². The normalized spacial score (nSPS) is 23.8. The van der Waals surface area contributed by atoms with Crippen LogP contribution in [0.1, 0.15) is 48.9 Å². The fourth-order valence-electron chi connectivity index (χ4n) is 3.35. The molecule has 1 saturated heterocycles. The summed E-state index contributed by atoms with van der Waals surface area (Å²) in [4.78, 5) is 11.7. The fourth-order valence-corrected chi connectivity index (χ4v) is 4.33. The molecule has 1 aromatic rings. The maximum atomic E-state index is 13.3. The number of hydrogen-bond donors (Lipinski definition) is 1. The lowest BCUT2D eigenvalue weighted by Crippen LogP contribution is -2.25. The Labute approximate surface area is 127 Å². The largest absolute Gasteiger partial charge is 0.478 e. The molecule has 5 heteroatoms. The van der Waals surface area contributed by atoms with Gasteiger partial charge in [0.1, 0.15) is 5.82 Å². The second-order valence-corrected chi connectivity index (χ2v) is 7.02. The monoisotopic (exact) mass is 310 g/mol. The molecule has 1 heterocycles. The molecule has 3 rings (SSSR count). The summed E-state index contributed by atoms with van der Waals surface area (Å²) in [5.41, 5.74) is -0.139. The number of halogens is 1. The van der Waals surface area contributed by atoms with E-state index in [0.717, 1.165) is 23.5 Å². The zero-order chi connectivity index (χ0) is 14.9. The van der Waals surface area contributed by atoms with Crippen molar-refractivity contribution >= 4 is 17.7 Å². The lowest BCUT2D eigenvalue weighted by Gasteiger charge is -2.23. The summed E-state index contributed by atoms with van der Waals surface area (Å²) in [6, 6.07) is 4.26. The summed E-state index contributed by atoms with van der Waals surface area (Å²) in [7, 11) is 0. The molecule has 1 saturated carbocycles. The number of carboxylic acids is 1. The van der Waals surface area contributed by atoms with Gasteiger partial charge in [-0.1, -0.05) is 12.8 Å². The van der Waals surface area contributed by atoms with Gasteiger partial charge in [-0.05, 0) is 43.9 Å². The van der Waals surface area contributed by atoms with E-state index in [9.17, 15) is 9.18 Å². The van der Waals surface area contributed by atoms with E-state index in [1.54, 1.807) is 17.8 Å². The van der Waals surface area contributed by atoms with Crippen LogP contribution in [0.4, 0.5) is 4.39 Å². The van der Waals surface area contributed by atoms with Crippen molar-refractivity contribution in [1.29, 1.82) is 0 Å². The van der Waals surface area contributed by atoms with Crippen LogP contribution >= 0.6 is 11.8 Å². The highest BCUT2D eigenvalue weighted by Crippen LogP contribution is 2.44. The van der Waals surface area contributed by atoms with Crippen LogP contribution in [-0.4, -0.2) is 28.5 Å². The Morgan fingerprint density at radius 2 is 2.14 bits per heavy atom. The number of aromatic carboxylic acids is 1. The minimum atomic E-state index is -1.23.